The summed E-state index contributed by atoms with van der Waals surface area (Å²) in [6, 6.07) is 8.99. The minimum absolute atomic E-state index is 0.315. The largest absolute Gasteiger partial charge is 0.495 e. The number of nitrogens with one attached hydrogen (secondary N) is 1. The number of aromatic nitrogens is 2. The molecule has 136 valence electrons. The number of rotatable bonds is 5. The Hall–Kier alpha value is -2.68. The summed E-state index contributed by atoms with van der Waals surface area (Å²) >= 11 is 8.83. The topological polar surface area (TPSA) is 77.2 Å². The van der Waals surface area contributed by atoms with Crippen LogP contribution in [0, 0.1) is 0 Å². The van der Waals surface area contributed by atoms with Crippen molar-refractivity contribution in [1.29, 1.82) is 0 Å². The number of carbonyl (C=O) groups is 1. The molecule has 0 saturated heterocycles. The number of benzene rings is 1. The molecule has 0 aliphatic carbocycles. The van der Waals surface area contributed by atoms with Crippen molar-refractivity contribution < 1.29 is 13.9 Å². The molecule has 1 amide bonds. The highest BCUT2D eigenvalue weighted by Crippen LogP contribution is 2.32. The van der Waals surface area contributed by atoms with Gasteiger partial charge in [0.2, 0.25) is 0 Å². The molecular formula is C18H12ClN3O3S2. The second kappa shape index (κ2) is 7.51. The summed E-state index contributed by atoms with van der Waals surface area (Å²) in [5, 5.41) is 7.94. The van der Waals surface area contributed by atoms with Crippen LogP contribution in [0.3, 0.4) is 0 Å². The highest BCUT2D eigenvalue weighted by Gasteiger charge is 2.15. The molecule has 27 heavy (non-hydrogen) atoms. The van der Waals surface area contributed by atoms with E-state index in [1.165, 1.54) is 22.7 Å². The first-order chi connectivity index (χ1) is 13.1. The fourth-order valence-electron chi connectivity index (χ4n) is 2.34. The Morgan fingerprint density at radius 1 is 1.22 bits per heavy atom. The van der Waals surface area contributed by atoms with Gasteiger partial charge in [0, 0.05) is 16.3 Å². The number of thiazole rings is 2. The monoisotopic (exact) mass is 417 g/mol. The van der Waals surface area contributed by atoms with Crippen molar-refractivity contribution in [2.75, 3.05) is 12.4 Å². The predicted molar refractivity (Wildman–Crippen MR) is 107 cm³/mol. The number of anilines is 1. The first-order valence-electron chi connectivity index (χ1n) is 7.74. The smallest absolute Gasteiger partial charge is 0.276 e. The molecule has 4 rings (SSSR count). The molecule has 0 bridgehead atoms. The second-order valence-corrected chi connectivity index (χ2v) is 7.48. The quantitative estimate of drug-likeness (QED) is 0.467. The fourth-order valence-corrected chi connectivity index (χ4v) is 4.08. The summed E-state index contributed by atoms with van der Waals surface area (Å²) in [7, 11) is 1.56. The summed E-state index contributed by atoms with van der Waals surface area (Å²) in [4.78, 5) is 21.2. The van der Waals surface area contributed by atoms with Crippen molar-refractivity contribution >= 4 is 45.3 Å². The van der Waals surface area contributed by atoms with E-state index in [4.69, 9.17) is 20.8 Å². The highest BCUT2D eigenvalue weighted by molar-refractivity contribution is 7.14. The van der Waals surface area contributed by atoms with Gasteiger partial charge in [-0.2, -0.15) is 0 Å². The first kappa shape index (κ1) is 17.7. The van der Waals surface area contributed by atoms with Crippen LogP contribution in [0.2, 0.25) is 5.02 Å². The lowest BCUT2D eigenvalue weighted by atomic mass is 10.2. The molecular weight excluding hydrogens is 406 g/mol. The van der Waals surface area contributed by atoms with Crippen LogP contribution in [0.4, 0.5) is 5.13 Å². The van der Waals surface area contributed by atoms with Crippen LogP contribution in [0.15, 0.2) is 51.8 Å². The molecule has 1 aromatic carbocycles. The van der Waals surface area contributed by atoms with Gasteiger partial charge in [0.05, 0.1) is 24.1 Å². The van der Waals surface area contributed by atoms with Gasteiger partial charge in [-0.05, 0) is 30.3 Å². The van der Waals surface area contributed by atoms with E-state index < -0.39 is 0 Å². The zero-order valence-electron chi connectivity index (χ0n) is 13.9. The molecule has 3 aromatic heterocycles. The van der Waals surface area contributed by atoms with Gasteiger partial charge in [-0.25, -0.2) is 9.97 Å². The number of nitrogens with zero attached hydrogens (tertiary/aromatic N) is 2. The third-order valence-corrected chi connectivity index (χ3v) is 5.55. The van der Waals surface area contributed by atoms with E-state index >= 15 is 0 Å². The Balaban J connectivity index is 1.49. The molecule has 0 fully saturated rings. The number of hydrogen-bond acceptors (Lipinski definition) is 7. The number of hydrogen-bond donors (Lipinski definition) is 1. The maximum Gasteiger partial charge on any atom is 0.276 e. The number of methoxy groups -OCH3 is 1. The minimum atomic E-state index is -0.322. The Labute approximate surface area is 167 Å². The minimum Gasteiger partial charge on any atom is -0.495 e. The zero-order chi connectivity index (χ0) is 18.8. The lowest BCUT2D eigenvalue weighted by molar-refractivity contribution is 0.102. The van der Waals surface area contributed by atoms with Gasteiger partial charge in [0.25, 0.3) is 5.91 Å². The molecule has 0 aliphatic heterocycles. The van der Waals surface area contributed by atoms with E-state index in [0.717, 1.165) is 11.3 Å². The Bertz CT molecular complexity index is 1090. The van der Waals surface area contributed by atoms with Crippen LogP contribution < -0.4 is 10.1 Å². The van der Waals surface area contributed by atoms with E-state index in [9.17, 15) is 4.79 Å². The summed E-state index contributed by atoms with van der Waals surface area (Å²) in [5.41, 5.74) is 1.87. The summed E-state index contributed by atoms with van der Waals surface area (Å²) < 4.78 is 10.4. The number of carbonyl (C=O) groups excluding carboxylic acids is 1. The Morgan fingerprint density at radius 3 is 2.85 bits per heavy atom. The molecule has 0 aliphatic rings. The van der Waals surface area contributed by atoms with Crippen molar-refractivity contribution in [3.63, 3.8) is 0 Å². The molecule has 0 spiro atoms. The fraction of sp³-hybridized carbons (Fsp3) is 0.0556. The predicted octanol–water partition coefficient (Wildman–Crippen LogP) is 5.44. The average molecular weight is 418 g/mol. The van der Waals surface area contributed by atoms with Crippen LogP contribution in [-0.2, 0) is 0 Å². The molecule has 9 heteroatoms. The van der Waals surface area contributed by atoms with Crippen molar-refractivity contribution in [2.24, 2.45) is 0 Å². The number of furan rings is 1. The molecule has 3 heterocycles. The molecule has 0 atom stereocenters. The van der Waals surface area contributed by atoms with Gasteiger partial charge in [-0.1, -0.05) is 11.6 Å². The number of amides is 1. The van der Waals surface area contributed by atoms with E-state index in [1.807, 2.05) is 11.4 Å². The van der Waals surface area contributed by atoms with E-state index in [1.54, 1.807) is 43.0 Å². The maximum atomic E-state index is 12.4. The third kappa shape index (κ3) is 3.73. The number of halogens is 1. The average Bonchev–Trinajstić information content (AvgIpc) is 3.42. The Kier molecular flexibility index (Phi) is 4.93. The van der Waals surface area contributed by atoms with E-state index in [0.29, 0.717) is 32.4 Å². The van der Waals surface area contributed by atoms with Crippen LogP contribution in [0.5, 0.6) is 5.75 Å². The van der Waals surface area contributed by atoms with Crippen molar-refractivity contribution in [3.05, 3.63) is 58.1 Å². The molecule has 6 nitrogen and oxygen atoms in total. The van der Waals surface area contributed by atoms with Crippen molar-refractivity contribution in [2.45, 2.75) is 0 Å². The molecule has 0 unspecified atom stereocenters. The second-order valence-electron chi connectivity index (χ2n) is 5.36. The zero-order valence-corrected chi connectivity index (χ0v) is 16.3. The summed E-state index contributed by atoms with van der Waals surface area (Å²) in [5.74, 6) is 0.907. The first-order valence-corrected chi connectivity index (χ1v) is 9.88. The standard InChI is InChI=1S/C18H12ClN3O3S2/c1-24-14-5-4-10(7-11(14)19)12-8-27-18(21-12)22-16(23)13-9-26-17(20-13)15-3-2-6-25-15/h2-9H,1H3,(H,21,22,23). The Morgan fingerprint density at radius 2 is 2.11 bits per heavy atom. The molecule has 1 N–H and O–H groups in total. The summed E-state index contributed by atoms with van der Waals surface area (Å²) in [6.45, 7) is 0. The van der Waals surface area contributed by atoms with Crippen molar-refractivity contribution in [1.82, 2.24) is 9.97 Å². The maximum absolute atomic E-state index is 12.4. The van der Waals surface area contributed by atoms with E-state index in [-0.39, 0.29) is 5.91 Å². The SMILES string of the molecule is COc1ccc(-c2csc(NC(=O)c3csc(-c4ccco4)n3)n2)cc1Cl. The van der Waals surface area contributed by atoms with Gasteiger partial charge in [-0.3, -0.25) is 10.1 Å². The van der Waals surface area contributed by atoms with Crippen LogP contribution >= 0.6 is 34.3 Å². The van der Waals surface area contributed by atoms with Crippen LogP contribution in [0.25, 0.3) is 22.0 Å². The van der Waals surface area contributed by atoms with Crippen molar-refractivity contribution in [3.8, 4) is 27.8 Å². The normalized spacial score (nSPS) is 10.7. The van der Waals surface area contributed by atoms with Gasteiger partial charge in [0.15, 0.2) is 15.9 Å². The lowest BCUT2D eigenvalue weighted by Crippen LogP contribution is -2.12. The third-order valence-electron chi connectivity index (χ3n) is 3.64. The lowest BCUT2D eigenvalue weighted by Gasteiger charge is -2.04. The molecule has 0 radical (unpaired) electrons. The molecule has 0 saturated carbocycles. The van der Waals surface area contributed by atoms with Crippen LogP contribution in [-0.4, -0.2) is 23.0 Å². The van der Waals surface area contributed by atoms with Gasteiger partial charge < -0.3 is 9.15 Å². The van der Waals surface area contributed by atoms with Gasteiger partial charge >= 0.3 is 0 Å². The highest BCUT2D eigenvalue weighted by atomic mass is 35.5. The van der Waals surface area contributed by atoms with Crippen LogP contribution in [0.1, 0.15) is 10.5 Å². The van der Waals surface area contributed by atoms with Gasteiger partial charge in [-0.15, -0.1) is 22.7 Å². The summed E-state index contributed by atoms with van der Waals surface area (Å²) in [6.07, 6.45) is 1.57. The number of ether oxygens (including phenoxy) is 1. The van der Waals surface area contributed by atoms with E-state index in [2.05, 4.69) is 15.3 Å². The molecule has 4 aromatic rings. The van der Waals surface area contributed by atoms with Gasteiger partial charge in [0.1, 0.15) is 11.4 Å².